The molecule has 3 rings (SSSR count). The molecule has 0 spiro atoms. The molecule has 0 N–H and O–H groups in total. The van der Waals surface area contributed by atoms with Gasteiger partial charge in [0.1, 0.15) is 5.82 Å². The van der Waals surface area contributed by atoms with E-state index in [1.807, 2.05) is 16.8 Å². The van der Waals surface area contributed by atoms with Crippen molar-refractivity contribution in [2.75, 3.05) is 44.8 Å². The van der Waals surface area contributed by atoms with Crippen molar-refractivity contribution in [1.82, 2.24) is 25.1 Å². The number of aromatic nitrogens is 4. The van der Waals surface area contributed by atoms with Crippen LogP contribution in [0.25, 0.3) is 0 Å². The molecule has 0 aliphatic carbocycles. The number of hydrogen-bond acceptors (Lipinski definition) is 6. The summed E-state index contributed by atoms with van der Waals surface area (Å²) in [6, 6.07) is 7.14. The number of halogens is 1. The molecule has 1 atom stereocenters. The number of hydrogen-bond donors (Lipinski definition) is 0. The molecule has 0 bridgehead atoms. The number of nitrogens with zero attached hydrogens (tertiary/aromatic N) is 6. The highest BCUT2D eigenvalue weighted by molar-refractivity contribution is 5.48. The fraction of sp³-hybridized carbons (Fsp3) is 0.632. The van der Waals surface area contributed by atoms with Crippen molar-refractivity contribution in [3.63, 3.8) is 0 Å². The quantitative estimate of drug-likeness (QED) is 0.705. The Bertz CT molecular complexity index is 714. The Kier molecular flexibility index (Phi) is 6.73. The van der Waals surface area contributed by atoms with E-state index >= 15 is 0 Å². The second-order valence-corrected chi connectivity index (χ2v) is 7.37. The maximum absolute atomic E-state index is 14.1. The lowest BCUT2D eigenvalue weighted by atomic mass is 10.0. The van der Waals surface area contributed by atoms with Gasteiger partial charge in [0.25, 0.3) is 0 Å². The van der Waals surface area contributed by atoms with Crippen LogP contribution >= 0.6 is 0 Å². The predicted molar refractivity (Wildman–Crippen MR) is 102 cm³/mol. The molecule has 0 saturated carbocycles. The van der Waals surface area contributed by atoms with Crippen LogP contribution in [0.15, 0.2) is 24.3 Å². The summed E-state index contributed by atoms with van der Waals surface area (Å²) in [6.07, 6.45) is 0.979. The zero-order valence-corrected chi connectivity index (χ0v) is 16.4. The van der Waals surface area contributed by atoms with Gasteiger partial charge in [0, 0.05) is 33.3 Å². The molecule has 1 saturated heterocycles. The Hall–Kier alpha value is -2.06. The van der Waals surface area contributed by atoms with E-state index in [-0.39, 0.29) is 11.9 Å². The van der Waals surface area contributed by atoms with Gasteiger partial charge in [0.15, 0.2) is 5.82 Å². The summed E-state index contributed by atoms with van der Waals surface area (Å²) >= 11 is 0. The van der Waals surface area contributed by atoms with E-state index in [4.69, 9.17) is 4.74 Å². The fourth-order valence-corrected chi connectivity index (χ4v) is 3.63. The van der Waals surface area contributed by atoms with Gasteiger partial charge in [-0.1, -0.05) is 26.0 Å². The standard InChI is InChI=1S/C19H29FN6O/c1-15(2)14-18(19-21-22-23-26(19)12-13-27-3)25-10-8-24(9-11-25)17-7-5-4-6-16(17)20/h4-7,15,18H,8-14H2,1-3H3/t18-/m1/s1. The lowest BCUT2D eigenvalue weighted by Gasteiger charge is -2.40. The summed E-state index contributed by atoms with van der Waals surface area (Å²) < 4.78 is 21.1. The molecular weight excluding hydrogens is 347 g/mol. The first-order chi connectivity index (χ1) is 13.1. The van der Waals surface area contributed by atoms with Crippen LogP contribution in [0.2, 0.25) is 0 Å². The molecule has 0 unspecified atom stereocenters. The molecule has 0 radical (unpaired) electrons. The van der Waals surface area contributed by atoms with Gasteiger partial charge >= 0.3 is 0 Å². The van der Waals surface area contributed by atoms with Crippen molar-refractivity contribution in [2.45, 2.75) is 32.9 Å². The van der Waals surface area contributed by atoms with Crippen molar-refractivity contribution in [3.05, 3.63) is 35.9 Å². The third-order valence-electron chi connectivity index (χ3n) is 5.01. The minimum Gasteiger partial charge on any atom is -0.383 e. The highest BCUT2D eigenvalue weighted by atomic mass is 19.1. The zero-order valence-electron chi connectivity index (χ0n) is 16.4. The van der Waals surface area contributed by atoms with Crippen LogP contribution in [0.1, 0.15) is 32.1 Å². The third-order valence-corrected chi connectivity index (χ3v) is 5.01. The average molecular weight is 376 g/mol. The van der Waals surface area contributed by atoms with E-state index < -0.39 is 0 Å². The molecule has 8 heteroatoms. The molecule has 1 aliphatic heterocycles. The molecule has 148 valence electrons. The normalized spacial score (nSPS) is 16.9. The van der Waals surface area contributed by atoms with Crippen molar-refractivity contribution in [3.8, 4) is 0 Å². The maximum Gasteiger partial charge on any atom is 0.168 e. The van der Waals surface area contributed by atoms with Crippen molar-refractivity contribution < 1.29 is 9.13 Å². The molecule has 27 heavy (non-hydrogen) atoms. The minimum atomic E-state index is -0.159. The van der Waals surface area contributed by atoms with Gasteiger partial charge in [-0.25, -0.2) is 9.07 Å². The lowest BCUT2D eigenvalue weighted by molar-refractivity contribution is 0.145. The Morgan fingerprint density at radius 1 is 1.15 bits per heavy atom. The maximum atomic E-state index is 14.1. The van der Waals surface area contributed by atoms with E-state index in [0.717, 1.165) is 38.4 Å². The Morgan fingerprint density at radius 3 is 2.56 bits per heavy atom. The summed E-state index contributed by atoms with van der Waals surface area (Å²) in [5.74, 6) is 1.25. The molecule has 2 heterocycles. The largest absolute Gasteiger partial charge is 0.383 e. The summed E-state index contributed by atoms with van der Waals surface area (Å²) in [7, 11) is 1.68. The summed E-state index contributed by atoms with van der Waals surface area (Å²) in [4.78, 5) is 4.54. The van der Waals surface area contributed by atoms with Crippen LogP contribution in [0, 0.1) is 11.7 Å². The second kappa shape index (κ2) is 9.23. The third kappa shape index (κ3) is 4.81. The van der Waals surface area contributed by atoms with Gasteiger partial charge < -0.3 is 9.64 Å². The first kappa shape index (κ1) is 19.7. The Labute approximate surface area is 160 Å². The summed E-state index contributed by atoms with van der Waals surface area (Å²) in [5.41, 5.74) is 0.683. The number of benzene rings is 1. The van der Waals surface area contributed by atoms with Gasteiger partial charge in [0.05, 0.1) is 24.9 Å². The van der Waals surface area contributed by atoms with Gasteiger partial charge in [-0.2, -0.15) is 0 Å². The average Bonchev–Trinajstić information content (AvgIpc) is 3.13. The molecule has 1 aliphatic rings. The van der Waals surface area contributed by atoms with Gasteiger partial charge in [-0.15, -0.1) is 5.10 Å². The molecule has 1 aromatic carbocycles. The topological polar surface area (TPSA) is 59.3 Å². The van der Waals surface area contributed by atoms with Crippen LogP contribution in [0.3, 0.4) is 0 Å². The van der Waals surface area contributed by atoms with Gasteiger partial charge in [0.2, 0.25) is 0 Å². The van der Waals surface area contributed by atoms with E-state index in [1.165, 1.54) is 6.07 Å². The Balaban J connectivity index is 1.72. The fourth-order valence-electron chi connectivity index (χ4n) is 3.63. The summed E-state index contributed by atoms with van der Waals surface area (Å²) in [5, 5.41) is 12.4. The first-order valence-electron chi connectivity index (χ1n) is 9.58. The van der Waals surface area contributed by atoms with Gasteiger partial charge in [-0.05, 0) is 34.9 Å². The van der Waals surface area contributed by atoms with Gasteiger partial charge in [-0.3, -0.25) is 4.90 Å². The van der Waals surface area contributed by atoms with E-state index in [2.05, 4.69) is 39.2 Å². The van der Waals surface area contributed by atoms with E-state index in [9.17, 15) is 4.39 Å². The second-order valence-electron chi connectivity index (χ2n) is 7.37. The van der Waals surface area contributed by atoms with Crippen molar-refractivity contribution in [2.24, 2.45) is 5.92 Å². The van der Waals surface area contributed by atoms with Crippen LogP contribution in [0.5, 0.6) is 0 Å². The number of anilines is 1. The van der Waals surface area contributed by atoms with Crippen LogP contribution in [-0.2, 0) is 11.3 Å². The number of tetrazole rings is 1. The molecular formula is C19H29FN6O. The van der Waals surface area contributed by atoms with E-state index in [0.29, 0.717) is 24.8 Å². The minimum absolute atomic E-state index is 0.152. The molecule has 1 fully saturated rings. The van der Waals surface area contributed by atoms with Crippen LogP contribution in [-0.4, -0.2) is 65.0 Å². The molecule has 7 nitrogen and oxygen atoms in total. The monoisotopic (exact) mass is 376 g/mol. The predicted octanol–water partition coefficient (Wildman–Crippen LogP) is 2.37. The van der Waals surface area contributed by atoms with Crippen LogP contribution < -0.4 is 4.90 Å². The lowest BCUT2D eigenvalue weighted by Crippen LogP contribution is -2.48. The van der Waals surface area contributed by atoms with Crippen molar-refractivity contribution >= 4 is 5.69 Å². The van der Waals surface area contributed by atoms with Crippen LogP contribution in [0.4, 0.5) is 10.1 Å². The zero-order chi connectivity index (χ0) is 19.2. The van der Waals surface area contributed by atoms with Crippen molar-refractivity contribution in [1.29, 1.82) is 0 Å². The van der Waals surface area contributed by atoms with E-state index in [1.54, 1.807) is 13.2 Å². The smallest absolute Gasteiger partial charge is 0.168 e. The number of rotatable bonds is 8. The Morgan fingerprint density at radius 2 is 1.89 bits per heavy atom. The summed E-state index contributed by atoms with van der Waals surface area (Å²) in [6.45, 7) is 8.92. The number of para-hydroxylation sites is 1. The first-order valence-corrected chi connectivity index (χ1v) is 9.58. The number of ether oxygens (including phenoxy) is 1. The highest BCUT2D eigenvalue weighted by Gasteiger charge is 2.30. The molecule has 2 aromatic rings. The number of methoxy groups -OCH3 is 1. The SMILES string of the molecule is COCCn1nnnc1[C@@H](CC(C)C)N1CCN(c2ccccc2F)CC1. The number of piperazine rings is 1. The molecule has 1 aromatic heterocycles. The molecule has 0 amide bonds. The highest BCUT2D eigenvalue weighted by Crippen LogP contribution is 2.29.